The molecule has 0 bridgehead atoms. The lowest BCUT2D eigenvalue weighted by molar-refractivity contribution is 1.14. The highest BCUT2D eigenvalue weighted by Gasteiger charge is 2.06. The van der Waals surface area contributed by atoms with Crippen LogP contribution in [0.1, 0.15) is 0 Å². The number of nitrogens with zero attached hydrogens (tertiary/aromatic N) is 2. The number of imidazole rings is 1. The van der Waals surface area contributed by atoms with Gasteiger partial charge in [0.25, 0.3) is 0 Å². The van der Waals surface area contributed by atoms with Crippen molar-refractivity contribution in [1.29, 1.82) is 0 Å². The minimum atomic E-state index is 0.435. The number of rotatable bonds is 1. The minimum Gasteiger partial charge on any atom is -0.376 e. The highest BCUT2D eigenvalue weighted by Crippen LogP contribution is 2.24. The Bertz CT molecular complexity index is 433. The first-order valence-corrected chi connectivity index (χ1v) is 4.38. The zero-order chi connectivity index (χ0) is 9.42. The van der Waals surface area contributed by atoms with Gasteiger partial charge < -0.3 is 9.88 Å². The average molecular weight is 196 g/mol. The Labute approximate surface area is 81.3 Å². The predicted octanol–water partition coefficient (Wildman–Crippen LogP) is 2.28. The molecule has 0 radical (unpaired) electrons. The third kappa shape index (κ3) is 1.35. The van der Waals surface area contributed by atoms with Crippen molar-refractivity contribution in [2.45, 2.75) is 0 Å². The normalized spacial score (nSPS) is 10.7. The van der Waals surface area contributed by atoms with Crippen LogP contribution in [0.2, 0.25) is 5.28 Å². The molecular weight excluding hydrogens is 186 g/mol. The molecule has 0 saturated heterocycles. The maximum atomic E-state index is 5.77. The molecular formula is C9H10ClN3. The Morgan fingerprint density at radius 1 is 1.38 bits per heavy atom. The van der Waals surface area contributed by atoms with Crippen molar-refractivity contribution >= 4 is 28.3 Å². The van der Waals surface area contributed by atoms with Crippen LogP contribution >= 0.6 is 11.6 Å². The van der Waals surface area contributed by atoms with Gasteiger partial charge in [-0.3, -0.25) is 0 Å². The van der Waals surface area contributed by atoms with Crippen molar-refractivity contribution in [2.75, 3.05) is 19.0 Å². The number of hydrogen-bond donors (Lipinski definition) is 1. The number of fused-ring (bicyclic) bond motifs is 1. The van der Waals surface area contributed by atoms with E-state index in [0.717, 1.165) is 16.7 Å². The van der Waals surface area contributed by atoms with Crippen molar-refractivity contribution in [1.82, 2.24) is 9.97 Å². The monoisotopic (exact) mass is 195 g/mol. The lowest BCUT2D eigenvalue weighted by atomic mass is 10.2. The third-order valence-electron chi connectivity index (χ3n) is 1.94. The van der Waals surface area contributed by atoms with E-state index in [9.17, 15) is 0 Å². The molecule has 1 heterocycles. The summed E-state index contributed by atoms with van der Waals surface area (Å²) in [4.78, 5) is 9.20. The number of aromatic nitrogens is 2. The van der Waals surface area contributed by atoms with Gasteiger partial charge in [-0.15, -0.1) is 0 Å². The van der Waals surface area contributed by atoms with Crippen LogP contribution in [0.15, 0.2) is 18.2 Å². The number of H-pyrrole nitrogens is 1. The standard InChI is InChI=1S/C9H10ClN3/c1-13(2)7-5-3-4-6-8(7)12-9(10)11-6/h3-5H,1-2H3,(H,11,12). The van der Waals surface area contributed by atoms with Crippen LogP contribution in [0.4, 0.5) is 5.69 Å². The zero-order valence-corrected chi connectivity index (χ0v) is 8.26. The minimum absolute atomic E-state index is 0.435. The lowest BCUT2D eigenvalue weighted by Gasteiger charge is -2.11. The van der Waals surface area contributed by atoms with Crippen molar-refractivity contribution in [3.63, 3.8) is 0 Å². The quantitative estimate of drug-likeness (QED) is 0.757. The van der Waals surface area contributed by atoms with Crippen LogP contribution in [0.3, 0.4) is 0 Å². The first-order chi connectivity index (χ1) is 6.18. The van der Waals surface area contributed by atoms with Crippen molar-refractivity contribution in [3.8, 4) is 0 Å². The average Bonchev–Trinajstić information content (AvgIpc) is 2.43. The zero-order valence-electron chi connectivity index (χ0n) is 7.50. The first kappa shape index (κ1) is 8.38. The molecule has 68 valence electrons. The summed E-state index contributed by atoms with van der Waals surface area (Å²) in [6, 6.07) is 5.95. The van der Waals surface area contributed by atoms with Crippen LogP contribution in [0, 0.1) is 0 Å². The fourth-order valence-electron chi connectivity index (χ4n) is 1.35. The second-order valence-electron chi connectivity index (χ2n) is 3.10. The van der Waals surface area contributed by atoms with Gasteiger partial charge in [-0.2, -0.15) is 0 Å². The van der Waals surface area contributed by atoms with Crippen LogP contribution in [-0.4, -0.2) is 24.1 Å². The van der Waals surface area contributed by atoms with Gasteiger partial charge in [-0.25, -0.2) is 4.98 Å². The molecule has 0 aliphatic carbocycles. The Morgan fingerprint density at radius 2 is 2.15 bits per heavy atom. The Morgan fingerprint density at radius 3 is 2.85 bits per heavy atom. The van der Waals surface area contributed by atoms with Gasteiger partial charge in [0.15, 0.2) is 0 Å². The van der Waals surface area contributed by atoms with Crippen LogP contribution in [0.25, 0.3) is 11.0 Å². The van der Waals surface area contributed by atoms with E-state index < -0.39 is 0 Å². The Balaban J connectivity index is 2.75. The van der Waals surface area contributed by atoms with Gasteiger partial charge in [-0.05, 0) is 23.7 Å². The summed E-state index contributed by atoms with van der Waals surface area (Å²) < 4.78 is 0. The van der Waals surface area contributed by atoms with Gasteiger partial charge in [0.05, 0.1) is 11.2 Å². The molecule has 2 rings (SSSR count). The largest absolute Gasteiger partial charge is 0.376 e. The third-order valence-corrected chi connectivity index (χ3v) is 2.12. The van der Waals surface area contributed by atoms with Crippen LogP contribution in [0.5, 0.6) is 0 Å². The molecule has 0 atom stereocenters. The molecule has 0 aliphatic rings. The number of para-hydroxylation sites is 1. The second-order valence-corrected chi connectivity index (χ2v) is 3.45. The smallest absolute Gasteiger partial charge is 0.201 e. The highest BCUT2D eigenvalue weighted by molar-refractivity contribution is 6.29. The maximum Gasteiger partial charge on any atom is 0.201 e. The summed E-state index contributed by atoms with van der Waals surface area (Å²) in [5.41, 5.74) is 2.95. The number of nitrogens with one attached hydrogen (secondary N) is 1. The molecule has 0 saturated carbocycles. The molecule has 0 unspecified atom stereocenters. The topological polar surface area (TPSA) is 31.9 Å². The van der Waals surface area contributed by atoms with Gasteiger partial charge in [0.2, 0.25) is 5.28 Å². The molecule has 1 aromatic carbocycles. The van der Waals surface area contributed by atoms with E-state index in [0.29, 0.717) is 5.28 Å². The number of anilines is 1. The highest BCUT2D eigenvalue weighted by atomic mass is 35.5. The molecule has 1 aromatic heterocycles. The number of benzene rings is 1. The van der Waals surface area contributed by atoms with E-state index in [4.69, 9.17) is 11.6 Å². The fourth-order valence-corrected chi connectivity index (χ4v) is 1.53. The van der Waals surface area contributed by atoms with Gasteiger partial charge in [0.1, 0.15) is 5.52 Å². The Hall–Kier alpha value is -1.22. The van der Waals surface area contributed by atoms with E-state index in [1.807, 2.05) is 37.2 Å². The van der Waals surface area contributed by atoms with E-state index in [1.165, 1.54) is 0 Å². The van der Waals surface area contributed by atoms with Crippen LogP contribution < -0.4 is 4.90 Å². The van der Waals surface area contributed by atoms with Gasteiger partial charge in [-0.1, -0.05) is 6.07 Å². The fraction of sp³-hybridized carbons (Fsp3) is 0.222. The van der Waals surface area contributed by atoms with E-state index in [-0.39, 0.29) is 0 Å². The summed E-state index contributed by atoms with van der Waals surface area (Å²) in [5, 5.41) is 0.435. The second kappa shape index (κ2) is 2.92. The summed E-state index contributed by atoms with van der Waals surface area (Å²) in [6.07, 6.45) is 0. The van der Waals surface area contributed by atoms with Crippen LogP contribution in [-0.2, 0) is 0 Å². The summed E-state index contributed by atoms with van der Waals surface area (Å²) in [7, 11) is 3.97. The Kier molecular flexibility index (Phi) is 1.88. The van der Waals surface area contributed by atoms with E-state index in [2.05, 4.69) is 9.97 Å². The van der Waals surface area contributed by atoms with E-state index in [1.54, 1.807) is 0 Å². The number of aromatic amines is 1. The molecule has 0 aliphatic heterocycles. The summed E-state index contributed by atoms with van der Waals surface area (Å²) >= 11 is 5.77. The molecule has 0 amide bonds. The first-order valence-electron chi connectivity index (χ1n) is 4.00. The molecule has 0 spiro atoms. The maximum absolute atomic E-state index is 5.77. The molecule has 0 fully saturated rings. The lowest BCUT2D eigenvalue weighted by Crippen LogP contribution is -2.08. The SMILES string of the molecule is CN(C)c1cccc2[nH]c(Cl)nc12. The van der Waals surface area contributed by atoms with E-state index >= 15 is 0 Å². The molecule has 1 N–H and O–H groups in total. The number of halogens is 1. The van der Waals surface area contributed by atoms with Crippen molar-refractivity contribution in [2.24, 2.45) is 0 Å². The summed E-state index contributed by atoms with van der Waals surface area (Å²) in [5.74, 6) is 0. The van der Waals surface area contributed by atoms with Crippen molar-refractivity contribution < 1.29 is 0 Å². The van der Waals surface area contributed by atoms with Gasteiger partial charge >= 0.3 is 0 Å². The molecule has 3 nitrogen and oxygen atoms in total. The van der Waals surface area contributed by atoms with Crippen molar-refractivity contribution in [3.05, 3.63) is 23.5 Å². The summed E-state index contributed by atoms with van der Waals surface area (Å²) in [6.45, 7) is 0. The predicted molar refractivity (Wildman–Crippen MR) is 55.4 cm³/mol. The molecule has 2 aromatic rings. The number of hydrogen-bond acceptors (Lipinski definition) is 2. The molecule has 4 heteroatoms. The van der Waals surface area contributed by atoms with Gasteiger partial charge in [0, 0.05) is 14.1 Å². The molecule has 13 heavy (non-hydrogen) atoms.